The number of benzene rings is 2. The number of halogens is 2. The summed E-state index contributed by atoms with van der Waals surface area (Å²) in [4.78, 5) is 0. The van der Waals surface area contributed by atoms with Crippen molar-refractivity contribution in [3.05, 3.63) is 58.4 Å². The van der Waals surface area contributed by atoms with Crippen molar-refractivity contribution in [3.63, 3.8) is 0 Å². The topological polar surface area (TPSA) is 12.0 Å². The SMILES string of the molecule is Fc1ccccc1-c1ccc(Cl)c2c1CNCC2. The molecule has 0 spiro atoms. The van der Waals surface area contributed by atoms with Gasteiger partial charge in [0, 0.05) is 17.1 Å². The van der Waals surface area contributed by atoms with Gasteiger partial charge in [-0.15, -0.1) is 0 Å². The number of hydrogen-bond acceptors (Lipinski definition) is 1. The van der Waals surface area contributed by atoms with Crippen LogP contribution in [-0.4, -0.2) is 6.54 Å². The average Bonchev–Trinajstić information content (AvgIpc) is 2.41. The van der Waals surface area contributed by atoms with Crippen molar-refractivity contribution in [2.75, 3.05) is 6.54 Å². The summed E-state index contributed by atoms with van der Waals surface area (Å²) in [5.41, 5.74) is 3.86. The molecule has 0 saturated heterocycles. The van der Waals surface area contributed by atoms with Crippen LogP contribution in [0.5, 0.6) is 0 Å². The van der Waals surface area contributed by atoms with Crippen molar-refractivity contribution in [2.24, 2.45) is 0 Å². The molecule has 0 unspecified atom stereocenters. The highest BCUT2D eigenvalue weighted by Crippen LogP contribution is 2.33. The van der Waals surface area contributed by atoms with E-state index in [4.69, 9.17) is 11.6 Å². The maximum Gasteiger partial charge on any atom is 0.131 e. The second kappa shape index (κ2) is 4.71. The third-order valence-corrected chi connectivity index (χ3v) is 3.75. The van der Waals surface area contributed by atoms with Crippen molar-refractivity contribution in [1.29, 1.82) is 0 Å². The molecule has 1 aliphatic rings. The van der Waals surface area contributed by atoms with E-state index in [2.05, 4.69) is 5.32 Å². The van der Waals surface area contributed by atoms with Gasteiger partial charge in [0.15, 0.2) is 0 Å². The van der Waals surface area contributed by atoms with Crippen molar-refractivity contribution >= 4 is 11.6 Å². The Morgan fingerprint density at radius 2 is 1.83 bits per heavy atom. The summed E-state index contributed by atoms with van der Waals surface area (Å²) in [6.07, 6.45) is 0.899. The van der Waals surface area contributed by atoms with E-state index in [1.807, 2.05) is 24.3 Å². The summed E-state index contributed by atoms with van der Waals surface area (Å²) in [7, 11) is 0. The minimum Gasteiger partial charge on any atom is -0.312 e. The van der Waals surface area contributed by atoms with E-state index >= 15 is 0 Å². The van der Waals surface area contributed by atoms with Gasteiger partial charge in [-0.2, -0.15) is 0 Å². The van der Waals surface area contributed by atoms with Crippen LogP contribution in [0.1, 0.15) is 11.1 Å². The number of hydrogen-bond donors (Lipinski definition) is 1. The summed E-state index contributed by atoms with van der Waals surface area (Å²) in [6, 6.07) is 10.6. The Labute approximate surface area is 111 Å². The highest BCUT2D eigenvalue weighted by Gasteiger charge is 2.18. The smallest absolute Gasteiger partial charge is 0.131 e. The van der Waals surface area contributed by atoms with E-state index < -0.39 is 0 Å². The second-order valence-electron chi connectivity index (χ2n) is 4.46. The molecule has 2 aromatic rings. The highest BCUT2D eigenvalue weighted by molar-refractivity contribution is 6.31. The Kier molecular flexibility index (Phi) is 3.06. The number of rotatable bonds is 1. The zero-order valence-electron chi connectivity index (χ0n) is 9.84. The van der Waals surface area contributed by atoms with Gasteiger partial charge in [0.25, 0.3) is 0 Å². The molecule has 3 rings (SSSR count). The fourth-order valence-corrected chi connectivity index (χ4v) is 2.77. The molecule has 18 heavy (non-hydrogen) atoms. The molecule has 0 saturated carbocycles. The molecule has 92 valence electrons. The lowest BCUT2D eigenvalue weighted by atomic mass is 9.91. The Balaban J connectivity index is 2.22. The summed E-state index contributed by atoms with van der Waals surface area (Å²) in [5, 5.41) is 4.10. The van der Waals surface area contributed by atoms with Crippen LogP contribution in [0.4, 0.5) is 4.39 Å². The Hall–Kier alpha value is -1.38. The zero-order chi connectivity index (χ0) is 12.5. The maximum absolute atomic E-state index is 13.9. The standard InChI is InChI=1S/C15H13ClFN/c16-14-6-5-10(12-3-1-2-4-15(12)17)13-9-18-8-7-11(13)14/h1-6,18H,7-9H2. The monoisotopic (exact) mass is 261 g/mol. The van der Waals surface area contributed by atoms with Gasteiger partial charge in [0.2, 0.25) is 0 Å². The summed E-state index contributed by atoms with van der Waals surface area (Å²) < 4.78 is 13.9. The first kappa shape index (κ1) is 11.7. The molecule has 1 heterocycles. The molecule has 0 bridgehead atoms. The number of nitrogens with one attached hydrogen (secondary N) is 1. The van der Waals surface area contributed by atoms with Crippen molar-refractivity contribution in [2.45, 2.75) is 13.0 Å². The van der Waals surface area contributed by atoms with Gasteiger partial charge in [-0.1, -0.05) is 35.9 Å². The predicted octanol–water partition coefficient (Wildman–Crippen LogP) is 3.79. The van der Waals surface area contributed by atoms with Crippen molar-refractivity contribution in [1.82, 2.24) is 5.32 Å². The second-order valence-corrected chi connectivity index (χ2v) is 4.87. The van der Waals surface area contributed by atoms with Gasteiger partial charge in [-0.05, 0) is 41.8 Å². The van der Waals surface area contributed by atoms with E-state index in [0.29, 0.717) is 5.56 Å². The normalized spacial score (nSPS) is 14.3. The van der Waals surface area contributed by atoms with Crippen LogP contribution < -0.4 is 5.32 Å². The quantitative estimate of drug-likeness (QED) is 0.824. The minimum absolute atomic E-state index is 0.187. The highest BCUT2D eigenvalue weighted by atomic mass is 35.5. The van der Waals surface area contributed by atoms with Crippen LogP contribution in [-0.2, 0) is 13.0 Å². The van der Waals surface area contributed by atoms with Crippen LogP contribution >= 0.6 is 11.6 Å². The molecule has 2 aromatic carbocycles. The lowest BCUT2D eigenvalue weighted by molar-refractivity contribution is 0.627. The van der Waals surface area contributed by atoms with Crippen molar-refractivity contribution in [3.8, 4) is 11.1 Å². The fourth-order valence-electron chi connectivity index (χ4n) is 2.50. The molecule has 0 fully saturated rings. The van der Waals surface area contributed by atoms with Crippen LogP contribution in [0.2, 0.25) is 5.02 Å². The van der Waals surface area contributed by atoms with Gasteiger partial charge in [0.1, 0.15) is 5.82 Å². The lowest BCUT2D eigenvalue weighted by Crippen LogP contribution is -2.24. The van der Waals surface area contributed by atoms with Gasteiger partial charge in [-0.25, -0.2) is 4.39 Å². The maximum atomic E-state index is 13.9. The Morgan fingerprint density at radius 1 is 1.00 bits per heavy atom. The molecule has 0 aromatic heterocycles. The van der Waals surface area contributed by atoms with Crippen LogP contribution in [0.25, 0.3) is 11.1 Å². The molecule has 1 nitrogen and oxygen atoms in total. The average molecular weight is 262 g/mol. The molecular formula is C15H13ClFN. The predicted molar refractivity (Wildman–Crippen MR) is 72.3 cm³/mol. The third-order valence-electron chi connectivity index (χ3n) is 3.39. The van der Waals surface area contributed by atoms with Gasteiger partial charge in [0.05, 0.1) is 0 Å². The molecular weight excluding hydrogens is 249 g/mol. The van der Waals surface area contributed by atoms with Gasteiger partial charge in [-0.3, -0.25) is 0 Å². The number of fused-ring (bicyclic) bond motifs is 1. The Bertz CT molecular complexity index is 595. The molecule has 1 aliphatic heterocycles. The molecule has 0 aliphatic carbocycles. The van der Waals surface area contributed by atoms with E-state index in [1.165, 1.54) is 6.07 Å². The molecule has 0 radical (unpaired) electrons. The van der Waals surface area contributed by atoms with Crippen LogP contribution in [0.15, 0.2) is 36.4 Å². The largest absolute Gasteiger partial charge is 0.312 e. The van der Waals surface area contributed by atoms with E-state index in [-0.39, 0.29) is 5.82 Å². The van der Waals surface area contributed by atoms with Gasteiger partial charge < -0.3 is 5.32 Å². The first-order valence-electron chi connectivity index (χ1n) is 6.03. The molecule has 1 N–H and O–H groups in total. The van der Waals surface area contributed by atoms with E-state index in [0.717, 1.165) is 41.2 Å². The first-order chi connectivity index (χ1) is 8.77. The van der Waals surface area contributed by atoms with Gasteiger partial charge >= 0.3 is 0 Å². The van der Waals surface area contributed by atoms with Crippen LogP contribution in [0.3, 0.4) is 0 Å². The fraction of sp³-hybridized carbons (Fsp3) is 0.200. The minimum atomic E-state index is -0.187. The van der Waals surface area contributed by atoms with E-state index in [9.17, 15) is 4.39 Å². The van der Waals surface area contributed by atoms with Crippen LogP contribution in [0, 0.1) is 5.82 Å². The van der Waals surface area contributed by atoms with Crippen molar-refractivity contribution < 1.29 is 4.39 Å². The molecule has 3 heteroatoms. The summed E-state index contributed by atoms with van der Waals surface area (Å²) in [6.45, 7) is 1.67. The molecule has 0 atom stereocenters. The molecule has 0 amide bonds. The zero-order valence-corrected chi connectivity index (χ0v) is 10.6. The lowest BCUT2D eigenvalue weighted by Gasteiger charge is -2.22. The first-order valence-corrected chi connectivity index (χ1v) is 6.41. The third kappa shape index (κ3) is 1.92. The Morgan fingerprint density at radius 3 is 2.67 bits per heavy atom. The van der Waals surface area contributed by atoms with E-state index in [1.54, 1.807) is 6.07 Å². The summed E-state index contributed by atoms with van der Waals surface area (Å²) in [5.74, 6) is -0.187. The summed E-state index contributed by atoms with van der Waals surface area (Å²) >= 11 is 6.22.